The van der Waals surface area contributed by atoms with E-state index in [0.29, 0.717) is 20.1 Å². The number of halogens is 3. The first-order valence-electron chi connectivity index (χ1n) is 5.32. The Morgan fingerprint density at radius 1 is 1.32 bits per heavy atom. The van der Waals surface area contributed by atoms with Gasteiger partial charge >= 0.3 is 15.6 Å². The molecule has 0 amide bonds. The zero-order valence-electron chi connectivity index (χ0n) is 10.4. The maximum absolute atomic E-state index is 12.4. The minimum atomic E-state index is -5.75. The Balaban J connectivity index is 2.13. The number of alkyl halides is 3. The first kappa shape index (κ1) is 15.7. The van der Waals surface area contributed by atoms with Gasteiger partial charge in [-0.3, -0.25) is 0 Å². The van der Waals surface area contributed by atoms with Gasteiger partial charge in [-0.25, -0.2) is 9.97 Å². The fourth-order valence-electron chi connectivity index (χ4n) is 1.51. The molecule has 0 saturated heterocycles. The largest absolute Gasteiger partial charge is 0.534 e. The minimum absolute atomic E-state index is 0.195. The summed E-state index contributed by atoms with van der Waals surface area (Å²) in [6.07, 6.45) is 3.30. The molecule has 3 aromatic rings. The Morgan fingerprint density at radius 3 is 2.68 bits per heavy atom. The van der Waals surface area contributed by atoms with E-state index in [9.17, 15) is 21.6 Å². The SMILES string of the molecule is CSc1ncc2c(n1)sc1c(OS(=O)(=O)C(F)(F)F)nsc12. The highest BCUT2D eigenvalue weighted by Gasteiger charge is 2.49. The molecule has 0 fully saturated rings. The van der Waals surface area contributed by atoms with Crippen molar-refractivity contribution in [3.05, 3.63) is 6.20 Å². The summed E-state index contributed by atoms with van der Waals surface area (Å²) in [5.74, 6) is -0.592. The zero-order valence-corrected chi connectivity index (χ0v) is 13.7. The van der Waals surface area contributed by atoms with Gasteiger partial charge in [0, 0.05) is 11.6 Å². The number of hydrogen-bond acceptors (Lipinski definition) is 9. The Labute approximate surface area is 133 Å². The van der Waals surface area contributed by atoms with E-state index in [4.69, 9.17) is 0 Å². The van der Waals surface area contributed by atoms with E-state index < -0.39 is 21.5 Å². The van der Waals surface area contributed by atoms with Crippen LogP contribution in [0, 0.1) is 0 Å². The third-order valence-corrected chi connectivity index (χ3v) is 6.04. The first-order valence-corrected chi connectivity index (χ1v) is 9.55. The van der Waals surface area contributed by atoms with Gasteiger partial charge < -0.3 is 4.18 Å². The average molecular weight is 387 g/mol. The van der Waals surface area contributed by atoms with Crippen LogP contribution in [0.1, 0.15) is 0 Å². The molecule has 118 valence electrons. The third-order valence-electron chi connectivity index (χ3n) is 2.45. The van der Waals surface area contributed by atoms with Crippen molar-refractivity contribution in [1.29, 1.82) is 0 Å². The van der Waals surface area contributed by atoms with Gasteiger partial charge in [-0.05, 0) is 17.8 Å². The average Bonchev–Trinajstić information content (AvgIpc) is 2.96. The van der Waals surface area contributed by atoms with Crippen LogP contribution < -0.4 is 4.18 Å². The van der Waals surface area contributed by atoms with Gasteiger partial charge in [0.1, 0.15) is 9.53 Å². The first-order chi connectivity index (χ1) is 10.2. The summed E-state index contributed by atoms with van der Waals surface area (Å²) in [6, 6.07) is 0. The van der Waals surface area contributed by atoms with Crippen LogP contribution in [0.2, 0.25) is 0 Å². The lowest BCUT2D eigenvalue weighted by atomic mass is 10.4. The van der Waals surface area contributed by atoms with Crippen LogP contribution >= 0.6 is 34.6 Å². The standard InChI is InChI=1S/C9H4F3N3O3S4/c1-19-8-13-2-3-4-5(20-7(3)14-8)6(15-21-4)18-22(16,17)9(10,11)12/h2H,1H3. The smallest absolute Gasteiger partial charge is 0.353 e. The number of hydrogen-bond donors (Lipinski definition) is 0. The predicted octanol–water partition coefficient (Wildman–Crippen LogP) is 3.25. The lowest BCUT2D eigenvalue weighted by Crippen LogP contribution is -2.28. The summed E-state index contributed by atoms with van der Waals surface area (Å²) in [6.45, 7) is 0. The van der Waals surface area contributed by atoms with E-state index >= 15 is 0 Å². The van der Waals surface area contributed by atoms with Crippen LogP contribution in [0.4, 0.5) is 13.2 Å². The van der Waals surface area contributed by atoms with Crippen LogP contribution in [0.25, 0.3) is 19.6 Å². The number of aromatic nitrogens is 3. The molecule has 0 aliphatic rings. The molecule has 6 nitrogen and oxygen atoms in total. The van der Waals surface area contributed by atoms with Crippen LogP contribution in [0.3, 0.4) is 0 Å². The number of fused-ring (bicyclic) bond motifs is 3. The van der Waals surface area contributed by atoms with E-state index in [-0.39, 0.29) is 4.70 Å². The molecule has 0 spiro atoms. The molecule has 0 aromatic carbocycles. The van der Waals surface area contributed by atoms with Crippen molar-refractivity contribution in [2.24, 2.45) is 0 Å². The normalized spacial score (nSPS) is 13.1. The summed E-state index contributed by atoms with van der Waals surface area (Å²) in [4.78, 5) is 8.81. The molecule has 0 aliphatic heterocycles. The van der Waals surface area contributed by atoms with Crippen LogP contribution in [-0.4, -0.2) is 34.5 Å². The highest BCUT2D eigenvalue weighted by atomic mass is 32.2. The molecular weight excluding hydrogens is 383 g/mol. The number of rotatable bonds is 3. The number of nitrogens with zero attached hydrogens (tertiary/aromatic N) is 3. The van der Waals surface area contributed by atoms with Gasteiger partial charge in [-0.1, -0.05) is 11.8 Å². The summed E-state index contributed by atoms with van der Waals surface area (Å²) in [7, 11) is -5.75. The van der Waals surface area contributed by atoms with Gasteiger partial charge in [0.05, 0.1) is 4.70 Å². The molecule has 0 radical (unpaired) electrons. The Bertz CT molecular complexity index is 963. The number of thiophene rings is 1. The van der Waals surface area contributed by atoms with E-state index in [1.807, 2.05) is 0 Å². The molecule has 22 heavy (non-hydrogen) atoms. The van der Waals surface area contributed by atoms with E-state index in [1.54, 1.807) is 6.26 Å². The Morgan fingerprint density at radius 2 is 2.05 bits per heavy atom. The summed E-state index contributed by atoms with van der Waals surface area (Å²) in [5.41, 5.74) is -5.51. The molecule has 3 heterocycles. The van der Waals surface area contributed by atoms with Crippen LogP contribution in [-0.2, 0) is 10.1 Å². The second kappa shape index (κ2) is 5.18. The van der Waals surface area contributed by atoms with Gasteiger partial charge in [0.25, 0.3) is 5.88 Å². The van der Waals surface area contributed by atoms with Gasteiger partial charge in [0.15, 0.2) is 5.16 Å². The van der Waals surface area contributed by atoms with Crippen molar-refractivity contribution in [1.82, 2.24) is 14.3 Å². The van der Waals surface area contributed by atoms with Crippen molar-refractivity contribution in [2.45, 2.75) is 10.7 Å². The summed E-state index contributed by atoms with van der Waals surface area (Å²) < 4.78 is 67.7. The second-order valence-corrected chi connectivity index (χ2v) is 7.89. The Hall–Kier alpha value is -1.18. The molecule has 0 aliphatic carbocycles. The zero-order chi connectivity index (χ0) is 16.1. The quantitative estimate of drug-likeness (QED) is 0.295. The minimum Gasteiger partial charge on any atom is -0.353 e. The maximum Gasteiger partial charge on any atom is 0.534 e. The lowest BCUT2D eigenvalue weighted by molar-refractivity contribution is -0.0500. The van der Waals surface area contributed by atoms with Gasteiger partial charge in [0.2, 0.25) is 0 Å². The molecule has 0 atom stereocenters. The van der Waals surface area contributed by atoms with E-state index in [2.05, 4.69) is 18.5 Å². The fraction of sp³-hybridized carbons (Fsp3) is 0.222. The topological polar surface area (TPSA) is 82.0 Å². The van der Waals surface area contributed by atoms with Gasteiger partial charge in [-0.15, -0.1) is 11.3 Å². The Kier molecular flexibility index (Phi) is 3.70. The van der Waals surface area contributed by atoms with Crippen LogP contribution in [0.5, 0.6) is 5.88 Å². The molecular formula is C9H4F3N3O3S4. The van der Waals surface area contributed by atoms with Gasteiger partial charge in [-0.2, -0.15) is 26.0 Å². The maximum atomic E-state index is 12.4. The molecule has 3 rings (SSSR count). The molecule has 0 saturated carbocycles. The summed E-state index contributed by atoms with van der Waals surface area (Å²) in [5, 5.41) is 1.09. The fourth-order valence-corrected chi connectivity index (χ4v) is 4.48. The highest BCUT2D eigenvalue weighted by Crippen LogP contribution is 2.42. The van der Waals surface area contributed by atoms with E-state index in [0.717, 1.165) is 22.9 Å². The third kappa shape index (κ3) is 2.51. The lowest BCUT2D eigenvalue weighted by Gasteiger charge is -2.06. The molecule has 0 bridgehead atoms. The molecule has 3 aromatic heterocycles. The van der Waals surface area contributed by atoms with Crippen molar-refractivity contribution in [3.63, 3.8) is 0 Å². The second-order valence-electron chi connectivity index (χ2n) is 3.81. The molecule has 13 heteroatoms. The molecule has 0 unspecified atom stereocenters. The number of thioether (sulfide) groups is 1. The molecule has 0 N–H and O–H groups in total. The predicted molar refractivity (Wildman–Crippen MR) is 78.0 cm³/mol. The summed E-state index contributed by atoms with van der Waals surface area (Å²) >= 11 is 3.14. The monoisotopic (exact) mass is 387 g/mol. The van der Waals surface area contributed by atoms with Crippen molar-refractivity contribution < 1.29 is 25.8 Å². The highest BCUT2D eigenvalue weighted by molar-refractivity contribution is 7.98. The van der Waals surface area contributed by atoms with Crippen LogP contribution in [0.15, 0.2) is 11.4 Å². The van der Waals surface area contributed by atoms with E-state index in [1.165, 1.54) is 18.0 Å². The van der Waals surface area contributed by atoms with Crippen molar-refractivity contribution in [3.8, 4) is 5.88 Å². The van der Waals surface area contributed by atoms with Crippen molar-refractivity contribution in [2.75, 3.05) is 6.26 Å². The van der Waals surface area contributed by atoms with Crippen molar-refractivity contribution >= 4 is 64.4 Å².